The van der Waals surface area contributed by atoms with E-state index in [0.717, 1.165) is 69.8 Å². The van der Waals surface area contributed by atoms with Gasteiger partial charge in [-0.3, -0.25) is 19.2 Å². The van der Waals surface area contributed by atoms with Crippen molar-refractivity contribution in [1.29, 1.82) is 0 Å². The summed E-state index contributed by atoms with van der Waals surface area (Å²) in [6.07, 6.45) is 32.6. The van der Waals surface area contributed by atoms with Crippen molar-refractivity contribution in [2.45, 2.75) is 234 Å². The van der Waals surface area contributed by atoms with Crippen LogP contribution in [0.25, 0.3) is 0 Å². The molecule has 0 spiro atoms. The number of ketones is 1. The van der Waals surface area contributed by atoms with Crippen molar-refractivity contribution in [2.24, 2.45) is 0 Å². The van der Waals surface area contributed by atoms with Crippen molar-refractivity contribution in [3.8, 4) is 17.2 Å². The molecule has 0 saturated heterocycles. The molecule has 3 aromatic rings. The zero-order valence-corrected chi connectivity index (χ0v) is 42.0. The van der Waals surface area contributed by atoms with E-state index in [1.807, 2.05) is 93.6 Å². The lowest BCUT2D eigenvalue weighted by Gasteiger charge is -2.05. The molecule has 7 nitrogen and oxygen atoms in total. The van der Waals surface area contributed by atoms with Gasteiger partial charge in [-0.1, -0.05) is 202 Å². The normalized spacial score (nSPS) is 10.6. The summed E-state index contributed by atoms with van der Waals surface area (Å²) in [6.45, 7) is 12.7. The van der Waals surface area contributed by atoms with E-state index < -0.39 is 0 Å². The monoisotopic (exact) mass is 899 g/mol. The Morgan fingerprint density at radius 1 is 0.292 bits per heavy atom. The smallest absolute Gasteiger partial charge is 0.311 e. The molecule has 0 aliphatic rings. The van der Waals surface area contributed by atoms with Crippen LogP contribution in [0.3, 0.4) is 0 Å². The van der Waals surface area contributed by atoms with Gasteiger partial charge in [0.15, 0.2) is 0 Å². The molecule has 0 amide bonds. The van der Waals surface area contributed by atoms with Gasteiger partial charge in [-0.15, -0.1) is 0 Å². The average molecular weight is 899 g/mol. The van der Waals surface area contributed by atoms with E-state index in [2.05, 4.69) is 20.8 Å². The lowest BCUT2D eigenvalue weighted by Crippen LogP contribution is -2.07. The van der Waals surface area contributed by atoms with Gasteiger partial charge in [0.25, 0.3) is 0 Å². The molecule has 0 N–H and O–H groups in total. The number of hydrogen-bond acceptors (Lipinski definition) is 7. The number of aryl methyl sites for hydroxylation is 3. The van der Waals surface area contributed by atoms with Crippen LogP contribution in [-0.4, -0.2) is 23.7 Å². The molecule has 3 aromatic carbocycles. The molecule has 0 heterocycles. The van der Waals surface area contributed by atoms with Crippen LogP contribution in [-0.2, 0) is 19.2 Å². The number of rotatable bonds is 34. The Morgan fingerprint density at radius 3 is 0.723 bits per heavy atom. The van der Waals surface area contributed by atoms with Crippen molar-refractivity contribution in [1.82, 2.24) is 0 Å². The van der Waals surface area contributed by atoms with Gasteiger partial charge in [-0.2, -0.15) is 0 Å². The minimum atomic E-state index is -0.173. The van der Waals surface area contributed by atoms with E-state index in [4.69, 9.17) is 14.2 Å². The van der Waals surface area contributed by atoms with Crippen LogP contribution in [0.1, 0.15) is 230 Å². The van der Waals surface area contributed by atoms with Crippen LogP contribution in [0.2, 0.25) is 0 Å². The summed E-state index contributed by atoms with van der Waals surface area (Å²) in [4.78, 5) is 46.8. The van der Waals surface area contributed by atoms with Crippen molar-refractivity contribution < 1.29 is 33.4 Å². The molecular weight excluding hydrogens is 809 g/mol. The van der Waals surface area contributed by atoms with Gasteiger partial charge in [-0.25, -0.2) is 0 Å². The molecule has 65 heavy (non-hydrogen) atoms. The van der Waals surface area contributed by atoms with E-state index in [1.54, 1.807) is 0 Å². The summed E-state index contributed by atoms with van der Waals surface area (Å²) in [5, 5.41) is 0. The summed E-state index contributed by atoms with van der Waals surface area (Å²) in [5.74, 6) is 1.92. The highest BCUT2D eigenvalue weighted by atomic mass is 16.5. The number of esters is 3. The highest BCUT2D eigenvalue weighted by Crippen LogP contribution is 2.17. The first-order valence-corrected chi connectivity index (χ1v) is 25.9. The standard InChI is InChI=1S/C23H36O3.C19H30O2.C16H24O2/c1-3-4-5-6-7-10-13-21(24)14-11-8-9-12-15-23(25)26-22-18-16-20(2)17-19-22;1-3-4-5-6-7-8-9-10-11-12-19(20)21-18-15-13-17(2)14-16-18;1-3-4-5-6-7-8-9-16(17)18-15-12-10-14(2)11-13-15/h16-19H,3-15H2,1-2H3;13-16H,3-12H2,1-2H3;10-13H,3-9H2,1-2H3. The van der Waals surface area contributed by atoms with Gasteiger partial charge in [0, 0.05) is 32.1 Å². The Kier molecular flexibility index (Phi) is 37.2. The van der Waals surface area contributed by atoms with E-state index in [-0.39, 0.29) is 17.9 Å². The van der Waals surface area contributed by atoms with Gasteiger partial charge in [0.05, 0.1) is 0 Å². The van der Waals surface area contributed by atoms with Crippen LogP contribution in [0.15, 0.2) is 72.8 Å². The first-order chi connectivity index (χ1) is 31.6. The largest absolute Gasteiger partial charge is 0.427 e. The number of hydrogen-bond donors (Lipinski definition) is 0. The zero-order chi connectivity index (χ0) is 47.6. The molecule has 3 rings (SSSR count). The second kappa shape index (κ2) is 41.2. The van der Waals surface area contributed by atoms with E-state index in [0.29, 0.717) is 48.7 Å². The molecule has 0 aromatic heterocycles. The van der Waals surface area contributed by atoms with E-state index in [9.17, 15) is 19.2 Å². The molecule has 0 radical (unpaired) electrons. The summed E-state index contributed by atoms with van der Waals surface area (Å²) in [5.41, 5.74) is 3.50. The number of unbranched alkanes of at least 4 members (excludes halogenated alkanes) is 21. The van der Waals surface area contributed by atoms with Crippen LogP contribution in [0.5, 0.6) is 17.2 Å². The fourth-order valence-corrected chi connectivity index (χ4v) is 7.17. The van der Waals surface area contributed by atoms with Crippen LogP contribution < -0.4 is 14.2 Å². The Labute approximate surface area is 396 Å². The molecule has 364 valence electrons. The van der Waals surface area contributed by atoms with E-state index >= 15 is 0 Å². The third kappa shape index (κ3) is 36.6. The topological polar surface area (TPSA) is 96.0 Å². The maximum Gasteiger partial charge on any atom is 0.311 e. The fraction of sp³-hybridized carbons (Fsp3) is 0.621. The minimum absolute atomic E-state index is 0.109. The van der Waals surface area contributed by atoms with Crippen LogP contribution in [0.4, 0.5) is 0 Å². The maximum atomic E-state index is 11.8. The molecule has 0 atom stereocenters. The van der Waals surface area contributed by atoms with Gasteiger partial charge < -0.3 is 14.2 Å². The van der Waals surface area contributed by atoms with Crippen LogP contribution in [0, 0.1) is 20.8 Å². The molecule has 0 unspecified atom stereocenters. The van der Waals surface area contributed by atoms with Gasteiger partial charge in [-0.05, 0) is 89.3 Å². The Morgan fingerprint density at radius 2 is 0.492 bits per heavy atom. The summed E-state index contributed by atoms with van der Waals surface area (Å²) < 4.78 is 15.9. The maximum absolute atomic E-state index is 11.8. The van der Waals surface area contributed by atoms with Crippen molar-refractivity contribution in [2.75, 3.05) is 0 Å². The molecule has 0 saturated carbocycles. The fourth-order valence-electron chi connectivity index (χ4n) is 7.17. The van der Waals surface area contributed by atoms with Gasteiger partial charge in [0.2, 0.25) is 0 Å². The lowest BCUT2D eigenvalue weighted by atomic mass is 10.0. The molecule has 0 aliphatic heterocycles. The van der Waals surface area contributed by atoms with Gasteiger partial charge in [0.1, 0.15) is 23.0 Å². The van der Waals surface area contributed by atoms with Crippen molar-refractivity contribution in [3.63, 3.8) is 0 Å². The van der Waals surface area contributed by atoms with Crippen molar-refractivity contribution >= 4 is 23.7 Å². The number of carbonyl (C=O) groups excluding carboxylic acids is 4. The Bertz CT molecular complexity index is 1610. The number of benzene rings is 3. The Hall–Kier alpha value is -4.26. The van der Waals surface area contributed by atoms with Crippen LogP contribution >= 0.6 is 0 Å². The SMILES string of the molecule is CCCCCCCCC(=O)CCCCCCC(=O)Oc1ccc(C)cc1.CCCCCCCCC(=O)Oc1ccc(C)cc1.CCCCCCCCCCCC(=O)Oc1ccc(C)cc1. The molecule has 0 fully saturated rings. The number of ether oxygens (including phenoxy) is 3. The lowest BCUT2D eigenvalue weighted by molar-refractivity contribution is -0.135. The highest BCUT2D eigenvalue weighted by molar-refractivity contribution is 5.78. The summed E-state index contributed by atoms with van der Waals surface area (Å²) in [7, 11) is 0. The second-order valence-electron chi connectivity index (χ2n) is 17.9. The zero-order valence-electron chi connectivity index (χ0n) is 42.0. The molecule has 0 bridgehead atoms. The minimum Gasteiger partial charge on any atom is -0.427 e. The summed E-state index contributed by atoms with van der Waals surface area (Å²) in [6, 6.07) is 22.7. The second-order valence-corrected chi connectivity index (χ2v) is 17.9. The molecular formula is C58H90O7. The number of carbonyl (C=O) groups is 4. The predicted octanol–water partition coefficient (Wildman–Crippen LogP) is 17.0. The highest BCUT2D eigenvalue weighted by Gasteiger charge is 2.08. The van der Waals surface area contributed by atoms with Gasteiger partial charge >= 0.3 is 17.9 Å². The third-order valence-electron chi connectivity index (χ3n) is 11.4. The Balaban J connectivity index is 0.000000496. The first-order valence-electron chi connectivity index (χ1n) is 25.9. The molecule has 0 aliphatic carbocycles. The predicted molar refractivity (Wildman–Crippen MR) is 271 cm³/mol. The number of Topliss-reactive ketones (excluding diaryl/α,β-unsaturated/α-hetero) is 1. The quantitative estimate of drug-likeness (QED) is 0.0335. The first kappa shape index (κ1) is 58.8. The van der Waals surface area contributed by atoms with Crippen molar-refractivity contribution in [3.05, 3.63) is 89.5 Å². The summed E-state index contributed by atoms with van der Waals surface area (Å²) >= 11 is 0. The average Bonchev–Trinajstić information content (AvgIpc) is 3.29. The third-order valence-corrected chi connectivity index (χ3v) is 11.4. The molecule has 7 heteroatoms. The van der Waals surface area contributed by atoms with E-state index in [1.165, 1.54) is 114 Å².